The van der Waals surface area contributed by atoms with Gasteiger partial charge in [-0.1, -0.05) is 24.3 Å². The normalized spacial score (nSPS) is 13.4. The summed E-state index contributed by atoms with van der Waals surface area (Å²) in [5.41, 5.74) is 0.812. The van der Waals surface area contributed by atoms with E-state index in [1.165, 1.54) is 72.8 Å². The van der Waals surface area contributed by atoms with Crippen molar-refractivity contribution in [1.82, 2.24) is 0 Å². The van der Waals surface area contributed by atoms with Gasteiger partial charge in [0.15, 0.2) is 0 Å². The van der Waals surface area contributed by atoms with Crippen LogP contribution in [0.4, 0.5) is 114 Å². The van der Waals surface area contributed by atoms with Crippen molar-refractivity contribution in [3.8, 4) is 45.6 Å². The highest BCUT2D eigenvalue weighted by Crippen LogP contribution is 2.63. The van der Waals surface area contributed by atoms with E-state index < -0.39 is 147 Å². The number of carbonyl (C=O) groups is 4. The molecule has 36 heteroatoms. The molecule has 522 valence electrons. The minimum Gasteiger partial charge on any atom is -0.494 e. The van der Waals surface area contributed by atoms with Crippen LogP contribution in [0, 0.1) is 0 Å². The molecule has 0 aliphatic rings. The van der Waals surface area contributed by atoms with Crippen molar-refractivity contribution in [3.05, 3.63) is 168 Å². The summed E-state index contributed by atoms with van der Waals surface area (Å²) in [6, 6.07) is 31.0. The van der Waals surface area contributed by atoms with E-state index in [0.717, 1.165) is 48.5 Å². The van der Waals surface area contributed by atoms with Gasteiger partial charge in [0.2, 0.25) is 0 Å². The van der Waals surface area contributed by atoms with Crippen LogP contribution >= 0.6 is 0 Å². The number of ether oxygens (including phenoxy) is 6. The summed E-state index contributed by atoms with van der Waals surface area (Å²) in [6.07, 6.45) is -23.6. The fourth-order valence-corrected chi connectivity index (χ4v) is 8.01. The summed E-state index contributed by atoms with van der Waals surface area (Å²) >= 11 is 0. The molecule has 10 nitrogen and oxygen atoms in total. The number of hydrogen-bond acceptors (Lipinski definition) is 10. The molecule has 0 aliphatic heterocycles. The smallest absolute Gasteiger partial charge is 0.460 e. The number of rotatable bonds is 29. The van der Waals surface area contributed by atoms with Gasteiger partial charge >= 0.3 is 95.5 Å². The predicted octanol–water partition coefficient (Wildman–Crippen LogP) is 18.8. The third-order valence-corrected chi connectivity index (χ3v) is 13.5. The third kappa shape index (κ3) is 15.8. The Kier molecular flexibility index (Phi) is 22.1. The molecule has 0 fully saturated rings. The number of halogens is 26. The Morgan fingerprint density at radius 1 is 0.260 bits per heavy atom. The van der Waals surface area contributed by atoms with E-state index in [-0.39, 0.29) is 56.8 Å². The molecule has 0 aliphatic carbocycles. The second-order valence-electron chi connectivity index (χ2n) is 20.3. The lowest BCUT2D eigenvalue weighted by Crippen LogP contribution is -2.70. The van der Waals surface area contributed by atoms with E-state index in [2.05, 4.69) is 0 Å². The van der Waals surface area contributed by atoms with Crippen LogP contribution < -0.4 is 28.4 Å². The van der Waals surface area contributed by atoms with Gasteiger partial charge < -0.3 is 28.4 Å². The van der Waals surface area contributed by atoms with Crippen LogP contribution in [-0.2, 0) is 0 Å². The van der Waals surface area contributed by atoms with Crippen LogP contribution in [0.2, 0.25) is 0 Å². The molecular weight excluding hydrogens is 1370 g/mol. The minimum absolute atomic E-state index is 0.0121. The number of alkyl halides is 26. The topological polar surface area (TPSA) is 124 Å². The van der Waals surface area contributed by atoms with Crippen molar-refractivity contribution in [2.24, 2.45) is 0 Å². The molecule has 0 atom stereocenters. The lowest BCUT2D eigenvalue weighted by molar-refractivity contribution is -0.440. The first-order chi connectivity index (χ1) is 44.1. The molecule has 0 unspecified atom stereocenters. The Morgan fingerprint density at radius 2 is 0.521 bits per heavy atom. The van der Waals surface area contributed by atoms with Crippen LogP contribution in [0.5, 0.6) is 34.5 Å². The average molecular weight is 1410 g/mol. The molecule has 0 saturated carbocycles. The average Bonchev–Trinajstić information content (AvgIpc) is 0.719. The van der Waals surface area contributed by atoms with Crippen LogP contribution in [0.1, 0.15) is 80.0 Å². The van der Waals surface area contributed by atoms with E-state index in [1.807, 2.05) is 0 Å². The van der Waals surface area contributed by atoms with E-state index >= 15 is 0 Å². The molecule has 0 heterocycles. The molecule has 6 aromatic carbocycles. The minimum atomic E-state index is -8.00. The maximum atomic E-state index is 14.1. The first kappa shape index (κ1) is 76.0. The maximum Gasteiger partial charge on any atom is 0.460 e. The molecule has 0 amide bonds. The molecule has 96 heavy (non-hydrogen) atoms. The predicted molar refractivity (Wildman–Crippen MR) is 278 cm³/mol. The van der Waals surface area contributed by atoms with E-state index in [0.29, 0.717) is 11.1 Å². The first-order valence-corrected chi connectivity index (χ1v) is 26.7. The number of hydrogen-bond donors (Lipinski definition) is 0. The van der Waals surface area contributed by atoms with E-state index in [9.17, 15) is 133 Å². The van der Waals surface area contributed by atoms with Crippen molar-refractivity contribution >= 4 is 23.9 Å². The summed E-state index contributed by atoms with van der Waals surface area (Å²) in [6.45, 7) is -1.29. The Hall–Kier alpha value is -9.02. The molecule has 6 aromatic rings. The zero-order valence-corrected chi connectivity index (χ0v) is 47.4. The Bertz CT molecular complexity index is 3670. The van der Waals surface area contributed by atoms with Gasteiger partial charge in [0.05, 0.1) is 35.5 Å². The molecule has 0 bridgehead atoms. The van der Waals surface area contributed by atoms with Crippen LogP contribution in [-0.4, -0.2) is 109 Å². The van der Waals surface area contributed by atoms with Crippen molar-refractivity contribution < 1.29 is 162 Å². The fraction of sp³-hybridized carbons (Fsp3) is 0.333. The van der Waals surface area contributed by atoms with Gasteiger partial charge in [0.1, 0.15) is 34.5 Å². The standard InChI is InChI=1S/C60H40F26O10/c61-49(62,51(65,66)53(69,70)55(73,74)57(77,78)59(81,82)83)28-1-3-30-91-39-18-10-34(11-19-39)45(87)94-42-24-14-36(15-25-42)47(89)93-41-22-8-33(9-23-41)38-6-5-7-44(32-38)96-48(90)37-16-26-43(27-17-37)95-46(88)35-12-20-40(21-13-35)92-31-4-2-29-50(63,64)52(67,68)54(71,72)56(75,76)58(79,80)60(84,85)86/h5-27,32H,1-4,28-31H2. The lowest BCUT2D eigenvalue weighted by Gasteiger charge is -2.39. The third-order valence-electron chi connectivity index (χ3n) is 13.5. The van der Waals surface area contributed by atoms with Crippen molar-refractivity contribution in [3.63, 3.8) is 0 Å². The highest BCUT2D eigenvalue weighted by molar-refractivity contribution is 5.94. The molecule has 0 spiro atoms. The van der Waals surface area contributed by atoms with Crippen LogP contribution in [0.15, 0.2) is 146 Å². The molecular formula is C60H40F26O10. The Balaban J connectivity index is 0.907. The SMILES string of the molecule is O=C(Oc1ccc(C(=O)Oc2ccc(-c3cccc(OC(=O)c4ccc(OC(=O)c5ccc(OCCCCC(F)(F)C(F)(F)C(F)(F)C(F)(F)C(F)(F)C(F)(F)F)cc5)cc4)c3)cc2)cc1)c1ccc(OCCCCC(F)(F)C(F)(F)C(F)(F)C(F)(F)C(F)(F)C(F)(F)F)cc1. The quantitative estimate of drug-likeness (QED) is 0.0194. The van der Waals surface area contributed by atoms with Gasteiger partial charge in [0, 0.05) is 12.8 Å². The lowest BCUT2D eigenvalue weighted by atomic mass is 9.92. The zero-order valence-electron chi connectivity index (χ0n) is 47.4. The van der Waals surface area contributed by atoms with Crippen LogP contribution in [0.3, 0.4) is 0 Å². The molecule has 0 N–H and O–H groups in total. The molecule has 6 rings (SSSR count). The highest BCUT2D eigenvalue weighted by atomic mass is 19.4. The summed E-state index contributed by atoms with van der Waals surface area (Å²) in [5, 5.41) is 0. The first-order valence-electron chi connectivity index (χ1n) is 26.7. The van der Waals surface area contributed by atoms with Gasteiger partial charge in [-0.2, -0.15) is 114 Å². The van der Waals surface area contributed by atoms with Gasteiger partial charge in [-0.05, 0) is 158 Å². The number of carbonyl (C=O) groups excluding carboxylic acids is 4. The number of benzene rings is 6. The second-order valence-corrected chi connectivity index (χ2v) is 20.3. The maximum absolute atomic E-state index is 14.1. The summed E-state index contributed by atoms with van der Waals surface area (Å²) in [5.74, 6) is -78.5. The Morgan fingerprint density at radius 3 is 0.812 bits per heavy atom. The fourth-order valence-electron chi connectivity index (χ4n) is 8.01. The zero-order chi connectivity index (χ0) is 72.1. The summed E-state index contributed by atoms with van der Waals surface area (Å²) in [4.78, 5) is 51.5. The number of unbranched alkanes of at least 4 members (excludes halogenated alkanes) is 2. The van der Waals surface area contributed by atoms with E-state index in [1.54, 1.807) is 24.3 Å². The van der Waals surface area contributed by atoms with Gasteiger partial charge in [0.25, 0.3) is 0 Å². The molecule has 0 radical (unpaired) electrons. The second kappa shape index (κ2) is 28.0. The van der Waals surface area contributed by atoms with Crippen molar-refractivity contribution in [2.75, 3.05) is 13.2 Å². The largest absolute Gasteiger partial charge is 0.494 e. The van der Waals surface area contributed by atoms with Crippen molar-refractivity contribution in [1.29, 1.82) is 0 Å². The Labute approximate surface area is 521 Å². The van der Waals surface area contributed by atoms with Crippen molar-refractivity contribution in [2.45, 2.75) is 110 Å². The number of esters is 4. The monoisotopic (exact) mass is 1410 g/mol. The van der Waals surface area contributed by atoms with Gasteiger partial charge in [-0.25, -0.2) is 19.2 Å². The highest BCUT2D eigenvalue weighted by Gasteiger charge is 2.92. The summed E-state index contributed by atoms with van der Waals surface area (Å²) < 4.78 is 379. The van der Waals surface area contributed by atoms with E-state index in [4.69, 9.17) is 28.4 Å². The summed E-state index contributed by atoms with van der Waals surface area (Å²) in [7, 11) is 0. The molecule has 0 saturated heterocycles. The van der Waals surface area contributed by atoms with Gasteiger partial charge in [-0.3, -0.25) is 0 Å². The van der Waals surface area contributed by atoms with Gasteiger partial charge in [-0.15, -0.1) is 0 Å². The van der Waals surface area contributed by atoms with Crippen LogP contribution in [0.25, 0.3) is 11.1 Å². The molecule has 0 aromatic heterocycles.